The Morgan fingerprint density at radius 1 is 0.886 bits per heavy atom. The molecule has 0 aliphatic carbocycles. The molecule has 1 saturated heterocycles. The minimum Gasteiger partial charge on any atom is -0.310 e. The summed E-state index contributed by atoms with van der Waals surface area (Å²) in [6.45, 7) is 9.66. The molecule has 5 nitrogen and oxygen atoms in total. The van der Waals surface area contributed by atoms with Crippen LogP contribution in [0.15, 0.2) is 73.1 Å². The van der Waals surface area contributed by atoms with Gasteiger partial charge in [-0.1, -0.05) is 49.7 Å². The number of pyridine rings is 2. The fourth-order valence-electron chi connectivity index (χ4n) is 4.85. The van der Waals surface area contributed by atoms with Crippen molar-refractivity contribution in [2.45, 2.75) is 64.7 Å². The van der Waals surface area contributed by atoms with Gasteiger partial charge in [0.25, 0.3) is 0 Å². The summed E-state index contributed by atoms with van der Waals surface area (Å²) in [5.74, 6) is 0. The van der Waals surface area contributed by atoms with Crippen molar-refractivity contribution in [1.29, 1.82) is 0 Å². The fraction of sp³-hybridized carbons (Fsp3) is 0.467. The first-order valence-corrected chi connectivity index (χ1v) is 13.3. The molecule has 0 bridgehead atoms. The van der Waals surface area contributed by atoms with Gasteiger partial charge in [-0.3, -0.25) is 14.9 Å². The van der Waals surface area contributed by atoms with Crippen molar-refractivity contribution in [3.63, 3.8) is 0 Å². The summed E-state index contributed by atoms with van der Waals surface area (Å²) >= 11 is 0. The standard InChI is InChI=1S/C30H41N5/c1-2-3-18-34-19-13-29(14-20-34)33-23-26-9-8-10-27(22-26)24-35(25-30-12-5-7-17-32-30)21-15-28-11-4-6-16-31-28/h4-12,16-17,22,29,33H,2-3,13-15,18-21,23-25H2,1H3. The molecule has 1 aromatic carbocycles. The Morgan fingerprint density at radius 3 is 2.34 bits per heavy atom. The van der Waals surface area contributed by atoms with Crippen LogP contribution in [0.2, 0.25) is 0 Å². The van der Waals surface area contributed by atoms with Crippen molar-refractivity contribution in [2.24, 2.45) is 0 Å². The van der Waals surface area contributed by atoms with E-state index in [-0.39, 0.29) is 0 Å². The lowest BCUT2D eigenvalue weighted by atomic mass is 10.0. The number of piperidine rings is 1. The van der Waals surface area contributed by atoms with E-state index in [9.17, 15) is 0 Å². The topological polar surface area (TPSA) is 44.3 Å². The molecular formula is C30H41N5. The van der Waals surface area contributed by atoms with Crippen molar-refractivity contribution in [2.75, 3.05) is 26.2 Å². The molecule has 1 aliphatic heterocycles. The number of likely N-dealkylation sites (tertiary alicyclic amines) is 1. The first-order valence-electron chi connectivity index (χ1n) is 13.3. The minimum atomic E-state index is 0.635. The second-order valence-corrected chi connectivity index (χ2v) is 9.77. The highest BCUT2D eigenvalue weighted by Crippen LogP contribution is 2.15. The minimum absolute atomic E-state index is 0.635. The summed E-state index contributed by atoms with van der Waals surface area (Å²) in [4.78, 5) is 14.2. The van der Waals surface area contributed by atoms with Gasteiger partial charge in [-0.25, -0.2) is 0 Å². The summed E-state index contributed by atoms with van der Waals surface area (Å²) in [6.07, 6.45) is 9.83. The second-order valence-electron chi connectivity index (χ2n) is 9.77. The van der Waals surface area contributed by atoms with Crippen molar-refractivity contribution in [3.8, 4) is 0 Å². The molecule has 1 aliphatic rings. The Bertz CT molecular complexity index is 970. The highest BCUT2D eigenvalue weighted by atomic mass is 15.1. The molecule has 1 fully saturated rings. The summed E-state index contributed by atoms with van der Waals surface area (Å²) in [6, 6.07) is 22.0. The third-order valence-electron chi connectivity index (χ3n) is 6.93. The molecule has 1 N–H and O–H groups in total. The molecule has 35 heavy (non-hydrogen) atoms. The van der Waals surface area contributed by atoms with Crippen molar-refractivity contribution in [1.82, 2.24) is 25.1 Å². The van der Waals surface area contributed by atoms with E-state index in [1.54, 1.807) is 0 Å². The molecule has 4 rings (SSSR count). The van der Waals surface area contributed by atoms with E-state index in [0.717, 1.165) is 44.0 Å². The molecule has 2 aromatic heterocycles. The van der Waals surface area contributed by atoms with Gasteiger partial charge in [-0.05, 0) is 74.3 Å². The predicted octanol–water partition coefficient (Wildman–Crippen LogP) is 5.08. The maximum Gasteiger partial charge on any atom is 0.0544 e. The first kappa shape index (κ1) is 25.5. The van der Waals surface area contributed by atoms with Crippen LogP contribution in [0.5, 0.6) is 0 Å². The average molecular weight is 472 g/mol. The van der Waals surface area contributed by atoms with Gasteiger partial charge in [0.2, 0.25) is 0 Å². The molecule has 0 atom stereocenters. The smallest absolute Gasteiger partial charge is 0.0544 e. The molecule has 3 heterocycles. The molecule has 186 valence electrons. The molecule has 3 aromatic rings. The number of unbranched alkanes of at least 4 members (excludes halogenated alkanes) is 1. The van der Waals surface area contributed by atoms with E-state index in [4.69, 9.17) is 0 Å². The van der Waals surface area contributed by atoms with Crippen LogP contribution in [0.3, 0.4) is 0 Å². The van der Waals surface area contributed by atoms with Gasteiger partial charge < -0.3 is 10.2 Å². The quantitative estimate of drug-likeness (QED) is 0.377. The van der Waals surface area contributed by atoms with Gasteiger partial charge in [0.05, 0.1) is 5.69 Å². The second kappa shape index (κ2) is 14.1. The SMILES string of the molecule is CCCCN1CCC(NCc2cccc(CN(CCc3ccccn3)Cc3ccccn3)c2)CC1. The molecule has 0 unspecified atom stereocenters. The lowest BCUT2D eigenvalue weighted by molar-refractivity contribution is 0.195. The number of hydrogen-bond donors (Lipinski definition) is 1. The monoisotopic (exact) mass is 471 g/mol. The zero-order chi connectivity index (χ0) is 24.1. The molecular weight excluding hydrogens is 430 g/mol. The van der Waals surface area contributed by atoms with Gasteiger partial charge in [-0.15, -0.1) is 0 Å². The third-order valence-corrected chi connectivity index (χ3v) is 6.93. The summed E-state index contributed by atoms with van der Waals surface area (Å²) in [5.41, 5.74) is 4.97. The van der Waals surface area contributed by atoms with E-state index < -0.39 is 0 Å². The largest absolute Gasteiger partial charge is 0.310 e. The number of rotatable bonds is 13. The van der Waals surface area contributed by atoms with Crippen LogP contribution in [0, 0.1) is 0 Å². The summed E-state index contributed by atoms with van der Waals surface area (Å²) < 4.78 is 0. The van der Waals surface area contributed by atoms with E-state index in [0.29, 0.717) is 6.04 Å². The molecule has 0 spiro atoms. The fourth-order valence-corrected chi connectivity index (χ4v) is 4.85. The van der Waals surface area contributed by atoms with Crippen LogP contribution in [0.1, 0.15) is 55.1 Å². The predicted molar refractivity (Wildman–Crippen MR) is 144 cm³/mol. The highest BCUT2D eigenvalue weighted by molar-refractivity contribution is 5.23. The lowest BCUT2D eigenvalue weighted by Crippen LogP contribution is -2.42. The van der Waals surface area contributed by atoms with Crippen LogP contribution in [0.4, 0.5) is 0 Å². The first-order chi connectivity index (χ1) is 17.3. The molecule has 0 radical (unpaired) electrons. The Balaban J connectivity index is 1.31. The van der Waals surface area contributed by atoms with Gasteiger partial charge >= 0.3 is 0 Å². The summed E-state index contributed by atoms with van der Waals surface area (Å²) in [5, 5.41) is 3.82. The van der Waals surface area contributed by atoms with Crippen LogP contribution in [-0.4, -0.2) is 52.0 Å². The Kier molecular flexibility index (Phi) is 10.3. The van der Waals surface area contributed by atoms with Gasteiger partial charge in [0.15, 0.2) is 0 Å². The Morgan fingerprint density at radius 2 is 1.63 bits per heavy atom. The maximum atomic E-state index is 4.56. The zero-order valence-corrected chi connectivity index (χ0v) is 21.3. The van der Waals surface area contributed by atoms with Crippen molar-refractivity contribution in [3.05, 3.63) is 95.6 Å². The third kappa shape index (κ3) is 8.84. The average Bonchev–Trinajstić information content (AvgIpc) is 2.91. The number of hydrogen-bond acceptors (Lipinski definition) is 5. The van der Waals surface area contributed by atoms with Gasteiger partial charge in [0, 0.05) is 56.7 Å². The van der Waals surface area contributed by atoms with E-state index in [1.165, 1.54) is 56.4 Å². The van der Waals surface area contributed by atoms with Crippen molar-refractivity contribution >= 4 is 0 Å². The Labute approximate surface area is 211 Å². The number of nitrogens with one attached hydrogen (secondary N) is 1. The van der Waals surface area contributed by atoms with Crippen LogP contribution in [-0.2, 0) is 26.1 Å². The summed E-state index contributed by atoms with van der Waals surface area (Å²) in [7, 11) is 0. The molecule has 0 saturated carbocycles. The van der Waals surface area contributed by atoms with Gasteiger partial charge in [0.1, 0.15) is 0 Å². The lowest BCUT2D eigenvalue weighted by Gasteiger charge is -2.32. The molecule has 5 heteroatoms. The number of benzene rings is 1. The molecule has 0 amide bonds. The normalized spacial score (nSPS) is 15.0. The zero-order valence-electron chi connectivity index (χ0n) is 21.3. The van der Waals surface area contributed by atoms with Crippen molar-refractivity contribution < 1.29 is 0 Å². The number of nitrogens with zero attached hydrogens (tertiary/aromatic N) is 4. The van der Waals surface area contributed by atoms with Crippen LogP contribution < -0.4 is 5.32 Å². The number of aromatic nitrogens is 2. The van der Waals surface area contributed by atoms with E-state index in [2.05, 4.69) is 80.5 Å². The van der Waals surface area contributed by atoms with Crippen LogP contribution >= 0.6 is 0 Å². The maximum absolute atomic E-state index is 4.56. The van der Waals surface area contributed by atoms with Crippen LogP contribution in [0.25, 0.3) is 0 Å². The van der Waals surface area contributed by atoms with Gasteiger partial charge in [-0.2, -0.15) is 0 Å². The highest BCUT2D eigenvalue weighted by Gasteiger charge is 2.18. The Hall–Kier alpha value is -2.60. The van der Waals surface area contributed by atoms with E-state index >= 15 is 0 Å². The van der Waals surface area contributed by atoms with E-state index in [1.807, 2.05) is 24.5 Å².